The summed E-state index contributed by atoms with van der Waals surface area (Å²) in [4.78, 5) is 12.3. The van der Waals surface area contributed by atoms with Crippen LogP contribution in [0, 0.1) is 25.2 Å². The number of sulfonamides is 1. The number of rotatable bonds is 7. The van der Waals surface area contributed by atoms with Crippen molar-refractivity contribution in [2.75, 3.05) is 6.54 Å². The minimum atomic E-state index is -3.66. The Labute approximate surface area is 160 Å². The monoisotopic (exact) mass is 385 g/mol. The summed E-state index contributed by atoms with van der Waals surface area (Å²) in [6, 6.07) is 14.0. The van der Waals surface area contributed by atoms with Gasteiger partial charge in [0.15, 0.2) is 0 Å². The van der Waals surface area contributed by atoms with Crippen molar-refractivity contribution < 1.29 is 13.2 Å². The lowest BCUT2D eigenvalue weighted by Gasteiger charge is -2.15. The molecule has 1 amide bonds. The van der Waals surface area contributed by atoms with Gasteiger partial charge in [0.2, 0.25) is 15.9 Å². The van der Waals surface area contributed by atoms with E-state index in [2.05, 4.69) is 10.0 Å². The van der Waals surface area contributed by atoms with E-state index in [1.165, 1.54) is 0 Å². The molecule has 0 saturated carbocycles. The molecule has 2 N–H and O–H groups in total. The molecule has 0 aliphatic rings. The van der Waals surface area contributed by atoms with Crippen molar-refractivity contribution in [1.82, 2.24) is 10.0 Å². The van der Waals surface area contributed by atoms with Gasteiger partial charge in [-0.05, 0) is 55.7 Å². The molecule has 2 rings (SSSR count). The number of nitriles is 1. The van der Waals surface area contributed by atoms with Crippen LogP contribution in [0.2, 0.25) is 0 Å². The molecule has 0 aromatic heterocycles. The molecule has 6 nitrogen and oxygen atoms in total. The van der Waals surface area contributed by atoms with Crippen molar-refractivity contribution in [3.63, 3.8) is 0 Å². The number of nitrogens with zero attached hydrogens (tertiary/aromatic N) is 1. The van der Waals surface area contributed by atoms with Gasteiger partial charge in [-0.2, -0.15) is 5.26 Å². The highest BCUT2D eigenvalue weighted by Gasteiger charge is 2.17. The molecule has 0 spiro atoms. The fourth-order valence-electron chi connectivity index (χ4n) is 2.62. The molecule has 0 aliphatic carbocycles. The number of hydrogen-bond acceptors (Lipinski definition) is 4. The largest absolute Gasteiger partial charge is 0.350 e. The van der Waals surface area contributed by atoms with Gasteiger partial charge in [0.25, 0.3) is 0 Å². The molecular weight excluding hydrogens is 362 g/mol. The van der Waals surface area contributed by atoms with E-state index in [0.29, 0.717) is 11.1 Å². The maximum atomic E-state index is 12.4. The summed E-state index contributed by atoms with van der Waals surface area (Å²) in [7, 11) is -3.66. The Bertz CT molecular complexity index is 961. The van der Waals surface area contributed by atoms with Crippen LogP contribution >= 0.6 is 0 Å². The summed E-state index contributed by atoms with van der Waals surface area (Å²) in [5.74, 6) is -0.254. The Kier molecular flexibility index (Phi) is 6.72. The van der Waals surface area contributed by atoms with Crippen LogP contribution < -0.4 is 10.0 Å². The van der Waals surface area contributed by atoms with E-state index in [1.807, 2.05) is 26.0 Å². The minimum absolute atomic E-state index is 0.0155. The average Bonchev–Trinajstić information content (AvgIpc) is 2.63. The van der Waals surface area contributed by atoms with Crippen LogP contribution in [0.5, 0.6) is 0 Å². The molecule has 1 unspecified atom stereocenters. The molecule has 27 heavy (non-hydrogen) atoms. The van der Waals surface area contributed by atoms with Crippen molar-refractivity contribution in [3.8, 4) is 6.07 Å². The zero-order valence-electron chi connectivity index (χ0n) is 15.6. The lowest BCUT2D eigenvalue weighted by atomic mass is 10.1. The first-order chi connectivity index (χ1) is 12.7. The smallest absolute Gasteiger partial charge is 0.240 e. The predicted octanol–water partition coefficient (Wildman–Crippen LogP) is 2.72. The summed E-state index contributed by atoms with van der Waals surface area (Å²) in [5.41, 5.74) is 2.94. The third-order valence-corrected chi connectivity index (χ3v) is 5.80. The first-order valence-corrected chi connectivity index (χ1v) is 10.1. The van der Waals surface area contributed by atoms with E-state index in [0.717, 1.165) is 11.1 Å². The van der Waals surface area contributed by atoms with Crippen LogP contribution in [0.4, 0.5) is 0 Å². The van der Waals surface area contributed by atoms with Crippen LogP contribution in [-0.2, 0) is 14.8 Å². The second-order valence-electron chi connectivity index (χ2n) is 6.44. The molecule has 0 radical (unpaired) electrons. The first-order valence-electron chi connectivity index (χ1n) is 8.59. The lowest BCUT2D eigenvalue weighted by molar-refractivity contribution is -0.121. The maximum Gasteiger partial charge on any atom is 0.240 e. The van der Waals surface area contributed by atoms with Crippen molar-refractivity contribution in [2.45, 2.75) is 38.1 Å². The molecule has 0 aliphatic heterocycles. The Morgan fingerprint density at radius 1 is 1.15 bits per heavy atom. The van der Waals surface area contributed by atoms with Gasteiger partial charge in [-0.3, -0.25) is 4.79 Å². The van der Waals surface area contributed by atoms with Gasteiger partial charge in [0.1, 0.15) is 0 Å². The molecule has 1 atom stereocenters. The van der Waals surface area contributed by atoms with Gasteiger partial charge in [0, 0.05) is 13.0 Å². The number of nitrogens with one attached hydrogen (secondary N) is 2. The van der Waals surface area contributed by atoms with Crippen molar-refractivity contribution in [2.24, 2.45) is 0 Å². The van der Waals surface area contributed by atoms with Gasteiger partial charge in [0.05, 0.1) is 22.6 Å². The molecule has 0 saturated heterocycles. The summed E-state index contributed by atoms with van der Waals surface area (Å²) in [6.07, 6.45) is 0.0325. The van der Waals surface area contributed by atoms with Crippen LogP contribution in [0.15, 0.2) is 47.4 Å². The number of hydrogen-bond donors (Lipinski definition) is 2. The summed E-state index contributed by atoms with van der Waals surface area (Å²) >= 11 is 0. The molecule has 7 heteroatoms. The fourth-order valence-corrected chi connectivity index (χ4v) is 3.98. The Morgan fingerprint density at radius 3 is 2.44 bits per heavy atom. The van der Waals surface area contributed by atoms with E-state index < -0.39 is 10.0 Å². The van der Waals surface area contributed by atoms with E-state index in [1.54, 1.807) is 43.3 Å². The highest BCUT2D eigenvalue weighted by atomic mass is 32.2. The predicted molar refractivity (Wildman–Crippen MR) is 103 cm³/mol. The maximum absolute atomic E-state index is 12.4. The van der Waals surface area contributed by atoms with Gasteiger partial charge < -0.3 is 5.32 Å². The Morgan fingerprint density at radius 2 is 1.81 bits per heavy atom. The molecule has 2 aromatic rings. The molecule has 2 aromatic carbocycles. The molecule has 0 bridgehead atoms. The topological polar surface area (TPSA) is 99.1 Å². The number of carbonyl (C=O) groups is 1. The van der Waals surface area contributed by atoms with Gasteiger partial charge >= 0.3 is 0 Å². The van der Waals surface area contributed by atoms with Crippen molar-refractivity contribution in [3.05, 3.63) is 64.7 Å². The second-order valence-corrected chi connectivity index (χ2v) is 8.18. The summed E-state index contributed by atoms with van der Waals surface area (Å²) in [6.45, 7) is 5.41. The molecule has 0 fully saturated rings. The van der Waals surface area contributed by atoms with Crippen LogP contribution in [-0.4, -0.2) is 20.9 Å². The van der Waals surface area contributed by atoms with Crippen molar-refractivity contribution in [1.29, 1.82) is 5.26 Å². The van der Waals surface area contributed by atoms with E-state index in [-0.39, 0.29) is 29.8 Å². The number of carbonyl (C=O) groups excluding carboxylic acids is 1. The van der Waals surface area contributed by atoms with E-state index in [9.17, 15) is 13.2 Å². The summed E-state index contributed by atoms with van der Waals surface area (Å²) in [5, 5.41) is 11.6. The minimum Gasteiger partial charge on any atom is -0.350 e. The third kappa shape index (κ3) is 5.64. The Balaban J connectivity index is 1.89. The summed E-state index contributed by atoms with van der Waals surface area (Å²) < 4.78 is 27.3. The SMILES string of the molecule is Cc1ccc(C)c(S(=O)(=O)NCCC(=O)NC(C)c2ccc(C#N)cc2)c1. The van der Waals surface area contributed by atoms with Gasteiger partial charge in [-0.25, -0.2) is 13.1 Å². The molecule has 142 valence electrons. The number of aryl methyl sites for hydroxylation is 2. The molecule has 0 heterocycles. The van der Waals surface area contributed by atoms with E-state index in [4.69, 9.17) is 5.26 Å². The normalized spacial score (nSPS) is 12.2. The Hall–Kier alpha value is -2.69. The highest BCUT2D eigenvalue weighted by Crippen LogP contribution is 2.16. The first kappa shape index (κ1) is 20.6. The van der Waals surface area contributed by atoms with E-state index >= 15 is 0 Å². The quantitative estimate of drug-likeness (QED) is 0.765. The second kappa shape index (κ2) is 8.80. The average molecular weight is 385 g/mol. The zero-order chi connectivity index (χ0) is 20.0. The molecular formula is C20H23N3O3S. The van der Waals surface area contributed by atoms with Crippen LogP contribution in [0.3, 0.4) is 0 Å². The van der Waals surface area contributed by atoms with Crippen molar-refractivity contribution >= 4 is 15.9 Å². The number of amides is 1. The number of benzene rings is 2. The fraction of sp³-hybridized carbons (Fsp3) is 0.300. The highest BCUT2D eigenvalue weighted by molar-refractivity contribution is 7.89. The lowest BCUT2D eigenvalue weighted by Crippen LogP contribution is -2.32. The standard InChI is InChI=1S/C20H23N3O3S/c1-14-4-5-15(2)19(12-14)27(25,26)22-11-10-20(24)23-16(3)18-8-6-17(13-21)7-9-18/h4-9,12,16,22H,10-11H2,1-3H3,(H,23,24). The van der Waals surface area contributed by atoms with Crippen LogP contribution in [0.25, 0.3) is 0 Å². The van der Waals surface area contributed by atoms with Gasteiger partial charge in [-0.15, -0.1) is 0 Å². The third-order valence-electron chi connectivity index (χ3n) is 4.19. The van der Waals surface area contributed by atoms with Gasteiger partial charge in [-0.1, -0.05) is 24.3 Å². The zero-order valence-corrected chi connectivity index (χ0v) is 16.4. The van der Waals surface area contributed by atoms with Crippen LogP contribution in [0.1, 0.15) is 41.6 Å².